The molecule has 7 nitrogen and oxygen atoms in total. The molecule has 0 atom stereocenters. The number of H-pyrrole nitrogens is 1. The molecule has 0 bridgehead atoms. The van der Waals surface area contributed by atoms with Crippen LogP contribution >= 0.6 is 0 Å². The largest absolute Gasteiger partial charge is 0.379 e. The van der Waals surface area contributed by atoms with E-state index in [4.69, 9.17) is 4.74 Å². The summed E-state index contributed by atoms with van der Waals surface area (Å²) >= 11 is 0. The molecule has 1 saturated heterocycles. The fraction of sp³-hybridized carbons (Fsp3) is 0.280. The maximum absolute atomic E-state index is 14.1. The molecule has 2 aromatic carbocycles. The number of anilines is 1. The van der Waals surface area contributed by atoms with Gasteiger partial charge < -0.3 is 15.0 Å². The number of rotatable bonds is 6. The topological polar surface area (TPSA) is 75.2 Å². The minimum atomic E-state index is -0.349. The number of aromatic amines is 1. The molecule has 1 aliphatic rings. The monoisotopic (exact) mass is 447 g/mol. The average molecular weight is 448 g/mol. The van der Waals surface area contributed by atoms with Gasteiger partial charge in [0.2, 0.25) is 0 Å². The summed E-state index contributed by atoms with van der Waals surface area (Å²) < 4.78 is 21.4. The van der Waals surface area contributed by atoms with Gasteiger partial charge in [-0.3, -0.25) is 14.4 Å². The number of fused-ring (bicyclic) bond motifs is 1. The highest BCUT2D eigenvalue weighted by molar-refractivity contribution is 6.06. The van der Waals surface area contributed by atoms with E-state index < -0.39 is 0 Å². The van der Waals surface area contributed by atoms with Gasteiger partial charge in [-0.05, 0) is 42.3 Å². The third-order valence-electron chi connectivity index (χ3n) is 6.03. The van der Waals surface area contributed by atoms with Crippen molar-refractivity contribution in [3.8, 4) is 11.1 Å². The Morgan fingerprint density at radius 1 is 1.15 bits per heavy atom. The van der Waals surface area contributed by atoms with Crippen molar-refractivity contribution >= 4 is 22.5 Å². The van der Waals surface area contributed by atoms with Crippen LogP contribution in [-0.4, -0.2) is 58.4 Å². The number of halogens is 1. The first-order valence-corrected chi connectivity index (χ1v) is 11.1. The number of aromatic nitrogens is 3. The number of carbonyl (C=O) groups is 1. The number of amides is 1. The zero-order valence-electron chi connectivity index (χ0n) is 18.5. The number of benzene rings is 2. The van der Waals surface area contributed by atoms with E-state index in [0.717, 1.165) is 56.1 Å². The van der Waals surface area contributed by atoms with E-state index in [0.29, 0.717) is 22.3 Å². The number of aryl methyl sites for hydroxylation is 1. The van der Waals surface area contributed by atoms with Crippen LogP contribution in [0.5, 0.6) is 0 Å². The molecule has 3 heterocycles. The molecule has 4 aromatic rings. The van der Waals surface area contributed by atoms with Gasteiger partial charge in [0.1, 0.15) is 11.5 Å². The standard InChI is InChI=1S/C25H26FN5O2/c1-17-5-6-22(26)21-14-23(29-24(17)21)25(32)28-20-4-2-3-18(13-20)19-15-27-31(16-19)8-7-30-9-11-33-12-10-30/h2-6,13-16,29H,7-12H2,1H3,(H,28,32). The molecule has 0 radical (unpaired) electrons. The van der Waals surface area contributed by atoms with Crippen LogP contribution in [-0.2, 0) is 11.3 Å². The second-order valence-corrected chi connectivity index (χ2v) is 8.32. The molecule has 0 saturated carbocycles. The number of hydrogen-bond acceptors (Lipinski definition) is 4. The van der Waals surface area contributed by atoms with Gasteiger partial charge in [-0.15, -0.1) is 0 Å². The summed E-state index contributed by atoms with van der Waals surface area (Å²) in [5.41, 5.74) is 4.45. The van der Waals surface area contributed by atoms with Crippen molar-refractivity contribution < 1.29 is 13.9 Å². The third-order valence-corrected chi connectivity index (χ3v) is 6.03. The lowest BCUT2D eigenvalue weighted by Crippen LogP contribution is -2.38. The number of ether oxygens (including phenoxy) is 1. The van der Waals surface area contributed by atoms with Gasteiger partial charge in [0, 0.05) is 42.5 Å². The van der Waals surface area contributed by atoms with Crippen LogP contribution in [0.2, 0.25) is 0 Å². The molecule has 170 valence electrons. The summed E-state index contributed by atoms with van der Waals surface area (Å²) in [6.07, 6.45) is 3.86. The average Bonchev–Trinajstić information content (AvgIpc) is 3.50. The van der Waals surface area contributed by atoms with Gasteiger partial charge in [-0.1, -0.05) is 18.2 Å². The zero-order chi connectivity index (χ0) is 22.8. The fourth-order valence-electron chi connectivity index (χ4n) is 4.13. The lowest BCUT2D eigenvalue weighted by molar-refractivity contribution is 0.0360. The van der Waals surface area contributed by atoms with E-state index in [-0.39, 0.29) is 11.7 Å². The minimum absolute atomic E-state index is 0.316. The lowest BCUT2D eigenvalue weighted by atomic mass is 10.1. The quantitative estimate of drug-likeness (QED) is 0.467. The maximum Gasteiger partial charge on any atom is 0.272 e. The Bertz CT molecular complexity index is 1250. The molecule has 1 fully saturated rings. The van der Waals surface area contributed by atoms with Gasteiger partial charge >= 0.3 is 0 Å². The first-order valence-electron chi connectivity index (χ1n) is 11.1. The van der Waals surface area contributed by atoms with Crippen molar-refractivity contribution in [2.75, 3.05) is 38.2 Å². The fourth-order valence-corrected chi connectivity index (χ4v) is 4.13. The first kappa shape index (κ1) is 21.4. The highest BCUT2D eigenvalue weighted by Crippen LogP contribution is 2.25. The van der Waals surface area contributed by atoms with Crippen molar-refractivity contribution in [3.05, 3.63) is 71.9 Å². The van der Waals surface area contributed by atoms with E-state index >= 15 is 0 Å². The molecule has 5 rings (SSSR count). The van der Waals surface area contributed by atoms with E-state index in [2.05, 4.69) is 20.3 Å². The van der Waals surface area contributed by atoms with Crippen LogP contribution in [0, 0.1) is 12.7 Å². The Morgan fingerprint density at radius 2 is 2.00 bits per heavy atom. The predicted octanol–water partition coefficient (Wildman–Crippen LogP) is 4.06. The second kappa shape index (κ2) is 9.17. The summed E-state index contributed by atoms with van der Waals surface area (Å²) in [4.78, 5) is 18.2. The molecule has 0 unspecified atom stereocenters. The Hall–Kier alpha value is -3.49. The summed E-state index contributed by atoms with van der Waals surface area (Å²) in [6, 6.07) is 12.3. The third kappa shape index (κ3) is 4.67. The molecule has 33 heavy (non-hydrogen) atoms. The van der Waals surface area contributed by atoms with E-state index in [1.807, 2.05) is 48.3 Å². The molecule has 2 N–H and O–H groups in total. The van der Waals surface area contributed by atoms with Crippen molar-refractivity contribution in [2.45, 2.75) is 13.5 Å². The van der Waals surface area contributed by atoms with Crippen molar-refractivity contribution in [1.29, 1.82) is 0 Å². The van der Waals surface area contributed by atoms with Crippen LogP contribution in [0.4, 0.5) is 10.1 Å². The molecule has 8 heteroatoms. The molecule has 1 aliphatic heterocycles. The molecular formula is C25H26FN5O2. The Kier molecular flexibility index (Phi) is 5.93. The normalized spacial score (nSPS) is 14.6. The Balaban J connectivity index is 1.28. The van der Waals surface area contributed by atoms with E-state index in [1.165, 1.54) is 6.07 Å². The number of morpholine rings is 1. The van der Waals surface area contributed by atoms with Gasteiger partial charge in [-0.25, -0.2) is 4.39 Å². The van der Waals surface area contributed by atoms with Gasteiger partial charge in [-0.2, -0.15) is 5.10 Å². The van der Waals surface area contributed by atoms with Gasteiger partial charge in [0.15, 0.2) is 0 Å². The van der Waals surface area contributed by atoms with Crippen molar-refractivity contribution in [1.82, 2.24) is 19.7 Å². The Labute approximate surface area is 191 Å². The highest BCUT2D eigenvalue weighted by atomic mass is 19.1. The number of hydrogen-bond donors (Lipinski definition) is 2. The van der Waals surface area contributed by atoms with Crippen LogP contribution < -0.4 is 5.32 Å². The van der Waals surface area contributed by atoms with E-state index in [1.54, 1.807) is 12.1 Å². The van der Waals surface area contributed by atoms with Gasteiger partial charge in [0.05, 0.1) is 31.5 Å². The number of carbonyl (C=O) groups excluding carboxylic acids is 1. The van der Waals surface area contributed by atoms with Crippen molar-refractivity contribution in [2.24, 2.45) is 0 Å². The smallest absolute Gasteiger partial charge is 0.272 e. The van der Waals surface area contributed by atoms with Crippen LogP contribution in [0.3, 0.4) is 0 Å². The van der Waals surface area contributed by atoms with Crippen molar-refractivity contribution in [3.63, 3.8) is 0 Å². The summed E-state index contributed by atoms with van der Waals surface area (Å²) in [5, 5.41) is 7.81. The van der Waals surface area contributed by atoms with Crippen LogP contribution in [0.1, 0.15) is 16.1 Å². The van der Waals surface area contributed by atoms with E-state index in [9.17, 15) is 9.18 Å². The number of nitrogens with one attached hydrogen (secondary N) is 2. The highest BCUT2D eigenvalue weighted by Gasteiger charge is 2.14. The SMILES string of the molecule is Cc1ccc(F)c2cc(C(=O)Nc3cccc(-c4cnn(CCN5CCOCC5)c4)c3)[nH]c12. The molecule has 2 aromatic heterocycles. The number of nitrogens with zero attached hydrogens (tertiary/aromatic N) is 3. The molecule has 0 aliphatic carbocycles. The summed E-state index contributed by atoms with van der Waals surface area (Å²) in [5.74, 6) is -0.665. The Morgan fingerprint density at radius 3 is 2.82 bits per heavy atom. The van der Waals surface area contributed by atoms with Crippen LogP contribution in [0.15, 0.2) is 54.9 Å². The first-order chi connectivity index (χ1) is 16.1. The molecule has 0 spiro atoms. The summed E-state index contributed by atoms with van der Waals surface area (Å²) in [6.45, 7) is 7.12. The lowest BCUT2D eigenvalue weighted by Gasteiger charge is -2.26. The van der Waals surface area contributed by atoms with Crippen LogP contribution in [0.25, 0.3) is 22.0 Å². The molecular weight excluding hydrogens is 421 g/mol. The zero-order valence-corrected chi connectivity index (χ0v) is 18.5. The second-order valence-electron chi connectivity index (χ2n) is 8.32. The molecule has 1 amide bonds. The van der Waals surface area contributed by atoms with Gasteiger partial charge in [0.25, 0.3) is 5.91 Å². The minimum Gasteiger partial charge on any atom is -0.379 e. The maximum atomic E-state index is 14.1. The predicted molar refractivity (Wildman–Crippen MR) is 126 cm³/mol. The summed E-state index contributed by atoms with van der Waals surface area (Å²) in [7, 11) is 0.